The van der Waals surface area contributed by atoms with Gasteiger partial charge in [0.15, 0.2) is 11.5 Å². The van der Waals surface area contributed by atoms with Crippen molar-refractivity contribution in [2.24, 2.45) is 0 Å². The summed E-state index contributed by atoms with van der Waals surface area (Å²) in [6, 6.07) is 9.24. The van der Waals surface area contributed by atoms with Crippen molar-refractivity contribution in [3.8, 4) is 16.5 Å². The number of hydrogen-bond donors (Lipinski definition) is 0. The molecule has 0 saturated heterocycles. The first-order valence-electron chi connectivity index (χ1n) is 6.26. The fourth-order valence-corrected chi connectivity index (χ4v) is 2.78. The van der Waals surface area contributed by atoms with Crippen molar-refractivity contribution in [3.05, 3.63) is 51.8 Å². The molecule has 21 heavy (non-hydrogen) atoms. The molecule has 8 heteroatoms. The molecule has 3 aromatic rings. The molecule has 0 spiro atoms. The minimum absolute atomic E-state index is 0.229. The molecular weight excluding hydrogens is 292 g/mol. The van der Waals surface area contributed by atoms with Crippen LogP contribution < -0.4 is 15.2 Å². The van der Waals surface area contributed by atoms with Gasteiger partial charge in [0.1, 0.15) is 5.00 Å². The third-order valence-corrected chi connectivity index (χ3v) is 3.97. The van der Waals surface area contributed by atoms with Gasteiger partial charge in [-0.15, -0.1) is 11.3 Å². The van der Waals surface area contributed by atoms with Gasteiger partial charge in [0.25, 0.3) is 0 Å². The molecule has 0 unspecified atom stereocenters. The summed E-state index contributed by atoms with van der Waals surface area (Å²) in [5, 5.41) is 10.4. The maximum atomic E-state index is 12.3. The van der Waals surface area contributed by atoms with Crippen LogP contribution in [0, 0.1) is 0 Å². The molecule has 1 aliphatic rings. The first-order valence-corrected chi connectivity index (χ1v) is 7.14. The van der Waals surface area contributed by atoms with Gasteiger partial charge in [0.2, 0.25) is 6.79 Å². The summed E-state index contributed by atoms with van der Waals surface area (Å²) in [5.74, 6) is 1.40. The summed E-state index contributed by atoms with van der Waals surface area (Å²) >= 11 is 1.44. The molecule has 0 radical (unpaired) electrons. The summed E-state index contributed by atoms with van der Waals surface area (Å²) in [6.45, 7) is 0.564. The number of ether oxygens (including phenoxy) is 2. The average molecular weight is 302 g/mol. The van der Waals surface area contributed by atoms with Crippen LogP contribution in [0.15, 0.2) is 40.5 Å². The Morgan fingerprint density at radius 2 is 2.10 bits per heavy atom. The fraction of sp³-hybridized carbons (Fsp3) is 0.154. The first kappa shape index (κ1) is 12.2. The summed E-state index contributed by atoms with van der Waals surface area (Å²) in [7, 11) is 0. The van der Waals surface area contributed by atoms with E-state index in [9.17, 15) is 4.79 Å². The lowest BCUT2D eigenvalue weighted by molar-refractivity contribution is 0.174. The van der Waals surface area contributed by atoms with Gasteiger partial charge in [-0.3, -0.25) is 0 Å². The topological polar surface area (TPSA) is 71.2 Å². The average Bonchev–Trinajstić information content (AvgIpc) is 3.20. The van der Waals surface area contributed by atoms with Gasteiger partial charge in [-0.1, -0.05) is 6.07 Å². The van der Waals surface area contributed by atoms with Gasteiger partial charge in [0.05, 0.1) is 6.54 Å². The third-order valence-electron chi connectivity index (χ3n) is 3.12. The second-order valence-corrected chi connectivity index (χ2v) is 5.40. The van der Waals surface area contributed by atoms with Crippen LogP contribution >= 0.6 is 11.3 Å². The zero-order valence-electron chi connectivity index (χ0n) is 10.8. The molecule has 0 bridgehead atoms. The Hall–Kier alpha value is -2.61. The van der Waals surface area contributed by atoms with E-state index in [1.54, 1.807) is 0 Å². The second kappa shape index (κ2) is 4.74. The molecule has 0 saturated carbocycles. The molecule has 2 aromatic heterocycles. The summed E-state index contributed by atoms with van der Waals surface area (Å²) in [6.07, 6.45) is 0. The Balaban J connectivity index is 1.65. The van der Waals surface area contributed by atoms with Crippen molar-refractivity contribution >= 4 is 11.3 Å². The number of nitrogens with zero attached hydrogens (tertiary/aromatic N) is 4. The van der Waals surface area contributed by atoms with Gasteiger partial charge in [-0.25, -0.2) is 4.79 Å². The standard InChI is InChI=1S/C13H10N4O3S/c18-13-16(14-15-17(13)12-2-1-5-21-12)7-9-3-4-10-11(6-9)20-8-19-10/h1-6H,7-8H2. The normalized spacial score (nSPS) is 12.8. The van der Waals surface area contributed by atoms with Gasteiger partial charge < -0.3 is 9.47 Å². The Kier molecular flexibility index (Phi) is 2.74. The maximum Gasteiger partial charge on any atom is 0.369 e. The van der Waals surface area contributed by atoms with Crippen LogP contribution in [0.25, 0.3) is 5.00 Å². The Morgan fingerprint density at radius 1 is 1.19 bits per heavy atom. The van der Waals surface area contributed by atoms with Crippen LogP contribution in [0.4, 0.5) is 0 Å². The van der Waals surface area contributed by atoms with E-state index in [4.69, 9.17) is 9.47 Å². The van der Waals surface area contributed by atoms with Crippen molar-refractivity contribution in [1.82, 2.24) is 19.8 Å². The molecule has 4 rings (SSSR count). The van der Waals surface area contributed by atoms with Gasteiger partial charge in [-0.05, 0) is 45.6 Å². The minimum atomic E-state index is -0.268. The molecule has 1 aromatic carbocycles. The van der Waals surface area contributed by atoms with Crippen molar-refractivity contribution in [2.75, 3.05) is 6.79 Å². The molecule has 0 aliphatic carbocycles. The molecule has 3 heterocycles. The van der Waals surface area contributed by atoms with E-state index >= 15 is 0 Å². The van der Waals surface area contributed by atoms with Crippen molar-refractivity contribution in [2.45, 2.75) is 6.54 Å². The highest BCUT2D eigenvalue weighted by molar-refractivity contribution is 7.12. The molecule has 0 atom stereocenters. The van der Waals surface area contributed by atoms with E-state index in [0.29, 0.717) is 18.0 Å². The lowest BCUT2D eigenvalue weighted by atomic mass is 10.2. The van der Waals surface area contributed by atoms with E-state index in [0.717, 1.165) is 10.6 Å². The van der Waals surface area contributed by atoms with Crippen LogP contribution in [0.3, 0.4) is 0 Å². The summed E-state index contributed by atoms with van der Waals surface area (Å²) in [4.78, 5) is 12.3. The van der Waals surface area contributed by atoms with Crippen molar-refractivity contribution in [3.63, 3.8) is 0 Å². The smallest absolute Gasteiger partial charge is 0.369 e. The highest BCUT2D eigenvalue weighted by atomic mass is 32.1. The molecule has 0 fully saturated rings. The van der Waals surface area contributed by atoms with Crippen LogP contribution in [0.2, 0.25) is 0 Å². The largest absolute Gasteiger partial charge is 0.454 e. The second-order valence-electron chi connectivity index (χ2n) is 4.47. The number of benzene rings is 1. The van der Waals surface area contributed by atoms with Gasteiger partial charge in [0, 0.05) is 0 Å². The summed E-state index contributed by atoms with van der Waals surface area (Å²) < 4.78 is 13.2. The van der Waals surface area contributed by atoms with Crippen LogP contribution in [0.5, 0.6) is 11.5 Å². The van der Waals surface area contributed by atoms with E-state index < -0.39 is 0 Å². The van der Waals surface area contributed by atoms with Crippen molar-refractivity contribution < 1.29 is 9.47 Å². The Bertz CT molecular complexity index is 837. The fourth-order valence-electron chi connectivity index (χ4n) is 2.11. The van der Waals surface area contributed by atoms with E-state index in [-0.39, 0.29) is 12.5 Å². The number of thiophene rings is 1. The molecule has 0 amide bonds. The zero-order chi connectivity index (χ0) is 14.2. The zero-order valence-corrected chi connectivity index (χ0v) is 11.6. The lowest BCUT2D eigenvalue weighted by Crippen LogP contribution is -2.24. The SMILES string of the molecule is O=c1n(Cc2ccc3c(c2)OCO3)nnn1-c1cccs1. The number of rotatable bonds is 3. The quantitative estimate of drug-likeness (QED) is 0.728. The maximum absolute atomic E-state index is 12.3. The van der Waals surface area contributed by atoms with Gasteiger partial charge >= 0.3 is 5.69 Å². The lowest BCUT2D eigenvalue weighted by Gasteiger charge is -2.01. The number of aromatic nitrogens is 4. The third kappa shape index (κ3) is 2.09. The molecule has 106 valence electrons. The molecule has 7 nitrogen and oxygen atoms in total. The first-order chi connectivity index (χ1) is 10.3. The number of hydrogen-bond acceptors (Lipinski definition) is 6. The van der Waals surface area contributed by atoms with Crippen LogP contribution in [-0.2, 0) is 6.54 Å². The highest BCUT2D eigenvalue weighted by Crippen LogP contribution is 2.32. The Labute approximate surface area is 122 Å². The number of tetrazole rings is 1. The van der Waals surface area contributed by atoms with E-state index in [2.05, 4.69) is 10.4 Å². The predicted molar refractivity (Wildman–Crippen MR) is 75.2 cm³/mol. The summed E-state index contributed by atoms with van der Waals surface area (Å²) in [5.41, 5.74) is 0.634. The van der Waals surface area contributed by atoms with Crippen LogP contribution in [-0.4, -0.2) is 26.6 Å². The predicted octanol–water partition coefficient (Wildman–Crippen LogP) is 1.27. The Morgan fingerprint density at radius 3 is 2.95 bits per heavy atom. The van der Waals surface area contributed by atoms with E-state index in [1.807, 2.05) is 35.7 Å². The van der Waals surface area contributed by atoms with E-state index in [1.165, 1.54) is 20.7 Å². The molecule has 1 aliphatic heterocycles. The van der Waals surface area contributed by atoms with Crippen LogP contribution in [0.1, 0.15) is 5.56 Å². The number of fused-ring (bicyclic) bond motifs is 1. The minimum Gasteiger partial charge on any atom is -0.454 e. The molecular formula is C13H10N4O3S. The highest BCUT2D eigenvalue weighted by Gasteiger charge is 2.15. The monoisotopic (exact) mass is 302 g/mol. The molecule has 0 N–H and O–H groups in total. The van der Waals surface area contributed by atoms with Gasteiger partial charge in [-0.2, -0.15) is 9.36 Å². The van der Waals surface area contributed by atoms with Crippen molar-refractivity contribution in [1.29, 1.82) is 0 Å².